The van der Waals surface area contributed by atoms with Gasteiger partial charge < -0.3 is 30.3 Å². The number of hydrogen-bond acceptors (Lipinski definition) is 10. The van der Waals surface area contributed by atoms with Crippen molar-refractivity contribution in [2.45, 2.75) is 25.9 Å². The first kappa shape index (κ1) is 28.7. The zero-order chi connectivity index (χ0) is 24.8. The Kier molecular flexibility index (Phi) is 13.2. The molecule has 2 amide bonds. The van der Waals surface area contributed by atoms with Crippen LogP contribution in [0.3, 0.4) is 0 Å². The van der Waals surface area contributed by atoms with Gasteiger partial charge >= 0.3 is 23.9 Å². The van der Waals surface area contributed by atoms with Gasteiger partial charge in [-0.1, -0.05) is 0 Å². The molecule has 0 aromatic rings. The third kappa shape index (κ3) is 12.4. The summed E-state index contributed by atoms with van der Waals surface area (Å²) in [4.78, 5) is 71.7. The van der Waals surface area contributed by atoms with Crippen molar-refractivity contribution in [2.24, 2.45) is 0 Å². The lowest BCUT2D eigenvalue weighted by molar-refractivity contribution is -0.145. The Morgan fingerprint density at radius 2 is 1.00 bits per heavy atom. The van der Waals surface area contributed by atoms with E-state index in [9.17, 15) is 28.8 Å². The summed E-state index contributed by atoms with van der Waals surface area (Å²) in [6.45, 7) is 0.805. The van der Waals surface area contributed by atoms with Crippen LogP contribution in [0.5, 0.6) is 0 Å². The number of carboxylic acid groups (broad SMARTS) is 2. The number of rotatable bonds is 15. The molecule has 2 atom stereocenters. The van der Waals surface area contributed by atoms with Crippen molar-refractivity contribution in [1.82, 2.24) is 20.4 Å². The van der Waals surface area contributed by atoms with E-state index in [4.69, 9.17) is 10.2 Å². The van der Waals surface area contributed by atoms with E-state index in [2.05, 4.69) is 20.1 Å². The number of ether oxygens (including phenoxy) is 2. The normalized spacial score (nSPS) is 12.6. The fourth-order valence-corrected chi connectivity index (χ4v) is 2.55. The molecule has 14 nitrogen and oxygen atoms in total. The van der Waals surface area contributed by atoms with Gasteiger partial charge in [-0.15, -0.1) is 0 Å². The van der Waals surface area contributed by atoms with E-state index in [1.54, 1.807) is 0 Å². The van der Waals surface area contributed by atoms with Crippen molar-refractivity contribution < 1.29 is 48.5 Å². The molecule has 0 aliphatic carbocycles. The lowest BCUT2D eigenvalue weighted by Gasteiger charge is -2.25. The maximum Gasteiger partial charge on any atom is 0.328 e. The molecule has 2 unspecified atom stereocenters. The fourth-order valence-electron chi connectivity index (χ4n) is 2.55. The molecule has 4 N–H and O–H groups in total. The zero-order valence-corrected chi connectivity index (χ0v) is 18.5. The molecule has 0 saturated carbocycles. The molecule has 0 rings (SSSR count). The highest BCUT2D eigenvalue weighted by atomic mass is 16.5. The van der Waals surface area contributed by atoms with E-state index in [1.807, 2.05) is 0 Å². The van der Waals surface area contributed by atoms with E-state index >= 15 is 0 Å². The number of carbonyl (C=O) groups excluding carboxylic acids is 4. The van der Waals surface area contributed by atoms with Crippen molar-refractivity contribution >= 4 is 35.7 Å². The summed E-state index contributed by atoms with van der Waals surface area (Å²) < 4.78 is 8.99. The van der Waals surface area contributed by atoms with Crippen molar-refractivity contribution in [1.29, 1.82) is 0 Å². The Morgan fingerprint density at radius 3 is 1.25 bits per heavy atom. The lowest BCUT2D eigenvalue weighted by Crippen LogP contribution is -2.49. The van der Waals surface area contributed by atoms with E-state index < -0.39 is 60.9 Å². The minimum absolute atomic E-state index is 0.0700. The lowest BCUT2D eigenvalue weighted by atomic mass is 10.3. The molecule has 0 saturated heterocycles. The maximum absolute atomic E-state index is 12.1. The molecule has 32 heavy (non-hydrogen) atoms. The van der Waals surface area contributed by atoms with Gasteiger partial charge in [-0.2, -0.15) is 0 Å². The van der Waals surface area contributed by atoms with Crippen LogP contribution in [0.15, 0.2) is 0 Å². The molecule has 0 fully saturated rings. The Morgan fingerprint density at radius 1 is 0.688 bits per heavy atom. The van der Waals surface area contributed by atoms with Crippen LogP contribution in [0.4, 0.5) is 0 Å². The highest BCUT2D eigenvalue weighted by Crippen LogP contribution is 1.96. The van der Waals surface area contributed by atoms with Gasteiger partial charge in [0, 0.05) is 13.1 Å². The highest BCUT2D eigenvalue weighted by molar-refractivity contribution is 5.86. The Labute approximate surface area is 184 Å². The molecular weight excluding hydrogens is 432 g/mol. The third-order valence-electron chi connectivity index (χ3n) is 4.05. The van der Waals surface area contributed by atoms with Crippen molar-refractivity contribution in [3.05, 3.63) is 0 Å². The summed E-state index contributed by atoms with van der Waals surface area (Å²) in [6.07, 6.45) is 0. The molecule has 0 aliphatic heterocycles. The van der Waals surface area contributed by atoms with Gasteiger partial charge in [0.05, 0.1) is 40.4 Å². The summed E-state index contributed by atoms with van der Waals surface area (Å²) in [5.74, 6) is -5.09. The number of esters is 2. The van der Waals surface area contributed by atoms with Crippen LogP contribution in [0.2, 0.25) is 0 Å². The Balaban J connectivity index is 5.02. The molecule has 0 aromatic heterocycles. The number of nitrogens with zero attached hydrogens (tertiary/aromatic N) is 2. The van der Waals surface area contributed by atoms with Crippen molar-refractivity contribution in [2.75, 3.05) is 53.5 Å². The third-order valence-corrected chi connectivity index (χ3v) is 4.05. The second-order valence-corrected chi connectivity index (χ2v) is 6.83. The fraction of sp³-hybridized carbons (Fsp3) is 0.667. The second kappa shape index (κ2) is 14.7. The van der Waals surface area contributed by atoms with E-state index in [0.29, 0.717) is 0 Å². The molecule has 0 bridgehead atoms. The zero-order valence-electron chi connectivity index (χ0n) is 18.5. The topological polar surface area (TPSA) is 192 Å². The number of carbonyl (C=O) groups is 6. The molecule has 0 aromatic carbocycles. The number of methoxy groups -OCH3 is 2. The van der Waals surface area contributed by atoms with Crippen LogP contribution >= 0.6 is 0 Å². The predicted octanol–water partition coefficient (Wildman–Crippen LogP) is -2.88. The molecule has 0 radical (unpaired) electrons. The van der Waals surface area contributed by atoms with Crippen molar-refractivity contribution in [3.63, 3.8) is 0 Å². The van der Waals surface area contributed by atoms with E-state index in [1.165, 1.54) is 23.6 Å². The summed E-state index contributed by atoms with van der Waals surface area (Å²) in [6, 6.07) is -1.88. The number of hydrogen-bond donors (Lipinski definition) is 4. The van der Waals surface area contributed by atoms with Gasteiger partial charge in [0.25, 0.3) is 0 Å². The van der Waals surface area contributed by atoms with Crippen molar-refractivity contribution in [3.8, 4) is 0 Å². The minimum Gasteiger partial charge on any atom is -0.480 e. The molecule has 14 heteroatoms. The smallest absolute Gasteiger partial charge is 0.328 e. The van der Waals surface area contributed by atoms with Crippen LogP contribution in [0, 0.1) is 0 Å². The van der Waals surface area contributed by atoms with Gasteiger partial charge in [-0.25, -0.2) is 9.59 Å². The van der Waals surface area contributed by atoms with Crippen LogP contribution in [0.25, 0.3) is 0 Å². The minimum atomic E-state index is -1.23. The number of aliphatic carboxylic acids is 2. The van der Waals surface area contributed by atoms with Crippen LogP contribution in [-0.4, -0.2) is 121 Å². The first-order valence-corrected chi connectivity index (χ1v) is 9.52. The van der Waals surface area contributed by atoms with Crippen LogP contribution < -0.4 is 10.6 Å². The highest BCUT2D eigenvalue weighted by Gasteiger charge is 2.22. The van der Waals surface area contributed by atoms with Gasteiger partial charge in [0.15, 0.2) is 0 Å². The Hall–Kier alpha value is -3.26. The summed E-state index contributed by atoms with van der Waals surface area (Å²) in [5.41, 5.74) is 0. The summed E-state index contributed by atoms with van der Waals surface area (Å²) in [5, 5.41) is 22.9. The largest absolute Gasteiger partial charge is 0.480 e. The summed E-state index contributed by atoms with van der Waals surface area (Å²) >= 11 is 0. The number of amides is 2. The van der Waals surface area contributed by atoms with Crippen LogP contribution in [-0.2, 0) is 38.2 Å². The Bertz CT molecular complexity index is 641. The molecule has 0 aliphatic rings. The predicted molar refractivity (Wildman–Crippen MR) is 107 cm³/mol. The molecule has 0 spiro atoms. The quantitative estimate of drug-likeness (QED) is 0.182. The van der Waals surface area contributed by atoms with E-state index in [0.717, 1.165) is 14.2 Å². The SMILES string of the molecule is COC(=O)C(C)NC(=O)CN(CCN(CC(=O)O)CC(=O)NC(C)C(=O)OC)CC(=O)O. The van der Waals surface area contributed by atoms with Gasteiger partial charge in [0.2, 0.25) is 11.8 Å². The molecule has 0 heterocycles. The standard InChI is InChI=1S/C18H30N4O10/c1-11(17(29)31-3)19-13(23)7-21(9-15(25)26)5-6-22(10-16(27)28)8-14(24)20-12(2)18(30)32-4/h11-12H,5-10H2,1-4H3,(H,19,23)(H,20,24)(H,25,26)(H,27,28). The van der Waals surface area contributed by atoms with Gasteiger partial charge in [-0.05, 0) is 13.8 Å². The number of nitrogens with one attached hydrogen (secondary N) is 2. The average Bonchev–Trinajstić information content (AvgIpc) is 2.69. The maximum atomic E-state index is 12.1. The average molecular weight is 462 g/mol. The van der Waals surface area contributed by atoms with Crippen LogP contribution in [0.1, 0.15) is 13.8 Å². The first-order valence-electron chi connectivity index (χ1n) is 9.52. The molecular formula is C18H30N4O10. The van der Waals surface area contributed by atoms with Gasteiger partial charge in [0.1, 0.15) is 12.1 Å². The second-order valence-electron chi connectivity index (χ2n) is 6.83. The van der Waals surface area contributed by atoms with Gasteiger partial charge in [-0.3, -0.25) is 29.0 Å². The first-order chi connectivity index (χ1) is 14.9. The monoisotopic (exact) mass is 462 g/mol. The number of carboxylic acids is 2. The van der Waals surface area contributed by atoms with E-state index in [-0.39, 0.29) is 26.2 Å². The molecule has 182 valence electrons. The summed E-state index contributed by atoms with van der Waals surface area (Å²) in [7, 11) is 2.31.